The molecule has 0 atom stereocenters. The van der Waals surface area contributed by atoms with Gasteiger partial charge in [0.25, 0.3) is 0 Å². The fourth-order valence-corrected chi connectivity index (χ4v) is 5.73. The highest BCUT2D eigenvalue weighted by atomic mass is 16.5. The molecule has 0 aliphatic rings. The Bertz CT molecular complexity index is 1850. The van der Waals surface area contributed by atoms with Crippen LogP contribution in [-0.2, 0) is 13.0 Å². The average molecular weight is 543 g/mol. The fraction of sp³-hybridized carbons (Fsp3) is 0.176. The van der Waals surface area contributed by atoms with E-state index in [-0.39, 0.29) is 5.69 Å². The molecule has 0 aliphatic carbocycles. The molecule has 0 amide bonds. The number of carboxylic acid groups (broad SMARTS) is 1. The summed E-state index contributed by atoms with van der Waals surface area (Å²) in [5.74, 6) is -0.137. The number of hydrogen-bond acceptors (Lipinski definition) is 5. The van der Waals surface area contributed by atoms with Gasteiger partial charge in [-0.2, -0.15) is 0 Å². The van der Waals surface area contributed by atoms with Crippen LogP contribution < -0.4 is 4.74 Å². The van der Waals surface area contributed by atoms with Crippen molar-refractivity contribution in [3.8, 4) is 16.9 Å². The standard InChI is InChI=1S/C34H30N4O3/c1-22-31(23(2)37-21-36-22)29-15-8-14-27-28(16-9-19-41-30-17-7-11-24-10-3-4-13-26(24)30)33(34(39)40)38(32(27)29)20-25-12-5-6-18-35-25/h3-8,10-15,17-18,21H,9,16,19-20H2,1-2H3,(H,39,40). The second-order valence-electron chi connectivity index (χ2n) is 10.1. The fourth-order valence-electron chi connectivity index (χ4n) is 5.73. The first-order chi connectivity index (χ1) is 20.0. The lowest BCUT2D eigenvalue weighted by Gasteiger charge is -2.14. The number of aromatic nitrogens is 4. The van der Waals surface area contributed by atoms with E-state index in [1.165, 1.54) is 0 Å². The van der Waals surface area contributed by atoms with E-state index in [0.717, 1.165) is 61.2 Å². The lowest BCUT2D eigenvalue weighted by atomic mass is 9.98. The summed E-state index contributed by atoms with van der Waals surface area (Å²) in [7, 11) is 0. The molecule has 6 rings (SSSR count). The zero-order valence-electron chi connectivity index (χ0n) is 23.0. The summed E-state index contributed by atoms with van der Waals surface area (Å²) in [6.07, 6.45) is 4.49. The van der Waals surface area contributed by atoms with Crippen LogP contribution in [0.1, 0.15) is 39.6 Å². The maximum atomic E-state index is 12.9. The highest BCUT2D eigenvalue weighted by molar-refractivity contribution is 6.04. The quantitative estimate of drug-likeness (QED) is 0.198. The highest BCUT2D eigenvalue weighted by Gasteiger charge is 2.26. The van der Waals surface area contributed by atoms with Crippen LogP contribution in [0, 0.1) is 13.8 Å². The highest BCUT2D eigenvalue weighted by Crippen LogP contribution is 2.37. The second-order valence-corrected chi connectivity index (χ2v) is 10.1. The Hall–Kier alpha value is -5.04. The number of rotatable bonds is 9. The largest absolute Gasteiger partial charge is 0.493 e. The molecule has 0 bridgehead atoms. The Morgan fingerprint density at radius 2 is 1.59 bits per heavy atom. The van der Waals surface area contributed by atoms with Crippen molar-refractivity contribution < 1.29 is 14.6 Å². The molecule has 0 aliphatic heterocycles. The first-order valence-electron chi connectivity index (χ1n) is 13.7. The van der Waals surface area contributed by atoms with Gasteiger partial charge in [0.05, 0.1) is 24.4 Å². The lowest BCUT2D eigenvalue weighted by molar-refractivity contribution is 0.0684. The first-order valence-corrected chi connectivity index (χ1v) is 13.7. The van der Waals surface area contributed by atoms with Crippen LogP contribution in [-0.4, -0.2) is 37.2 Å². The number of pyridine rings is 1. The van der Waals surface area contributed by atoms with E-state index in [2.05, 4.69) is 33.2 Å². The van der Waals surface area contributed by atoms with E-state index in [0.29, 0.717) is 26.0 Å². The van der Waals surface area contributed by atoms with Gasteiger partial charge in [-0.1, -0.05) is 60.7 Å². The molecular formula is C34H30N4O3. The van der Waals surface area contributed by atoms with Crippen molar-refractivity contribution >= 4 is 27.6 Å². The van der Waals surface area contributed by atoms with Crippen molar-refractivity contribution in [2.45, 2.75) is 33.2 Å². The van der Waals surface area contributed by atoms with E-state index in [9.17, 15) is 9.90 Å². The molecule has 0 fully saturated rings. The van der Waals surface area contributed by atoms with E-state index >= 15 is 0 Å². The summed E-state index contributed by atoms with van der Waals surface area (Å²) in [6, 6.07) is 25.9. The Kier molecular flexibility index (Phi) is 7.17. The smallest absolute Gasteiger partial charge is 0.352 e. The molecule has 204 valence electrons. The number of carboxylic acids is 1. The summed E-state index contributed by atoms with van der Waals surface area (Å²) >= 11 is 0. The van der Waals surface area contributed by atoms with Gasteiger partial charge >= 0.3 is 5.97 Å². The summed E-state index contributed by atoms with van der Waals surface area (Å²) in [4.78, 5) is 26.3. The van der Waals surface area contributed by atoms with Crippen LogP contribution >= 0.6 is 0 Å². The maximum absolute atomic E-state index is 12.9. The number of hydrogen-bond donors (Lipinski definition) is 1. The van der Waals surface area contributed by atoms with Crippen LogP contribution in [0.25, 0.3) is 32.8 Å². The Morgan fingerprint density at radius 3 is 2.37 bits per heavy atom. The van der Waals surface area contributed by atoms with Gasteiger partial charge in [-0.05, 0) is 55.8 Å². The van der Waals surface area contributed by atoms with Gasteiger partial charge in [-0.25, -0.2) is 14.8 Å². The van der Waals surface area contributed by atoms with Gasteiger partial charge in [0.15, 0.2) is 0 Å². The van der Waals surface area contributed by atoms with E-state index in [1.807, 2.05) is 79.1 Å². The molecule has 7 nitrogen and oxygen atoms in total. The van der Waals surface area contributed by atoms with Crippen LogP contribution in [0.4, 0.5) is 0 Å². The zero-order valence-corrected chi connectivity index (χ0v) is 23.0. The number of para-hydroxylation sites is 1. The predicted octanol–water partition coefficient (Wildman–Crippen LogP) is 7.02. The van der Waals surface area contributed by atoms with Crippen LogP contribution in [0.2, 0.25) is 0 Å². The maximum Gasteiger partial charge on any atom is 0.352 e. The zero-order chi connectivity index (χ0) is 28.3. The van der Waals surface area contributed by atoms with E-state index in [4.69, 9.17) is 4.74 Å². The van der Waals surface area contributed by atoms with Gasteiger partial charge in [-0.15, -0.1) is 0 Å². The van der Waals surface area contributed by atoms with Crippen LogP contribution in [0.15, 0.2) is 91.4 Å². The number of ether oxygens (including phenoxy) is 1. The van der Waals surface area contributed by atoms with Crippen LogP contribution in [0.3, 0.4) is 0 Å². The number of fused-ring (bicyclic) bond motifs is 2. The molecule has 0 saturated carbocycles. The van der Waals surface area contributed by atoms with Gasteiger partial charge in [0.1, 0.15) is 17.8 Å². The van der Waals surface area contributed by atoms with Crippen molar-refractivity contribution in [2.75, 3.05) is 6.61 Å². The minimum atomic E-state index is -0.967. The van der Waals surface area contributed by atoms with Gasteiger partial charge in [0.2, 0.25) is 0 Å². The normalized spacial score (nSPS) is 11.3. The monoisotopic (exact) mass is 542 g/mol. The molecule has 0 unspecified atom stereocenters. The molecule has 3 aromatic heterocycles. The van der Waals surface area contributed by atoms with E-state index in [1.54, 1.807) is 12.5 Å². The van der Waals surface area contributed by atoms with Gasteiger partial charge < -0.3 is 14.4 Å². The van der Waals surface area contributed by atoms with Crippen molar-refractivity contribution in [3.63, 3.8) is 0 Å². The van der Waals surface area contributed by atoms with Crippen molar-refractivity contribution in [1.82, 2.24) is 19.5 Å². The number of aryl methyl sites for hydroxylation is 3. The molecule has 6 aromatic rings. The SMILES string of the molecule is Cc1ncnc(C)c1-c1cccc2c(CCCOc3cccc4ccccc34)c(C(=O)O)n(Cc3ccccn3)c12. The molecular weight excluding hydrogens is 512 g/mol. The van der Waals surface area contributed by atoms with Gasteiger partial charge in [-0.3, -0.25) is 4.98 Å². The Morgan fingerprint density at radius 1 is 0.854 bits per heavy atom. The molecule has 0 spiro atoms. The van der Waals surface area contributed by atoms with Crippen molar-refractivity contribution in [1.29, 1.82) is 0 Å². The third-order valence-corrected chi connectivity index (χ3v) is 7.51. The Labute approximate surface area is 238 Å². The van der Waals surface area contributed by atoms with Crippen LogP contribution in [0.5, 0.6) is 5.75 Å². The minimum Gasteiger partial charge on any atom is -0.493 e. The topological polar surface area (TPSA) is 90.1 Å². The van der Waals surface area contributed by atoms with Gasteiger partial charge in [0, 0.05) is 39.5 Å². The minimum absolute atomic E-state index is 0.274. The molecule has 0 saturated heterocycles. The van der Waals surface area contributed by atoms with Crippen molar-refractivity contribution in [2.24, 2.45) is 0 Å². The number of nitrogens with zero attached hydrogens (tertiary/aromatic N) is 4. The summed E-state index contributed by atoms with van der Waals surface area (Å²) in [6.45, 7) is 4.70. The third kappa shape index (κ3) is 5.02. The summed E-state index contributed by atoms with van der Waals surface area (Å²) in [5, 5.41) is 13.6. The molecule has 1 N–H and O–H groups in total. The summed E-state index contributed by atoms with van der Waals surface area (Å²) < 4.78 is 8.09. The lowest BCUT2D eigenvalue weighted by Crippen LogP contribution is -2.13. The molecule has 3 heterocycles. The third-order valence-electron chi connectivity index (χ3n) is 7.51. The molecule has 7 heteroatoms. The molecule has 41 heavy (non-hydrogen) atoms. The first kappa shape index (κ1) is 26.2. The van der Waals surface area contributed by atoms with Crippen molar-refractivity contribution in [3.05, 3.63) is 120 Å². The second kappa shape index (κ2) is 11.2. The average Bonchev–Trinajstić information content (AvgIpc) is 3.29. The molecule has 0 radical (unpaired) electrons. The number of aromatic carboxylic acids is 1. The number of carbonyl (C=O) groups is 1. The Balaban J connectivity index is 1.42. The van der Waals surface area contributed by atoms with E-state index < -0.39 is 5.97 Å². The summed E-state index contributed by atoms with van der Waals surface area (Å²) in [5.41, 5.74) is 6.21. The predicted molar refractivity (Wildman–Crippen MR) is 161 cm³/mol. The number of benzene rings is 3. The molecule has 3 aromatic carbocycles.